The topological polar surface area (TPSA) is 43.8 Å². The SMILES string of the molecule is CC(N)c1nccn1CCCc1ccc(Cl)cc1. The maximum atomic E-state index is 5.86. The number of rotatable bonds is 5. The summed E-state index contributed by atoms with van der Waals surface area (Å²) >= 11 is 5.86. The van der Waals surface area contributed by atoms with Crippen molar-refractivity contribution in [2.75, 3.05) is 0 Å². The summed E-state index contributed by atoms with van der Waals surface area (Å²) in [7, 11) is 0. The van der Waals surface area contributed by atoms with Crippen molar-refractivity contribution in [3.8, 4) is 0 Å². The van der Waals surface area contributed by atoms with E-state index in [4.69, 9.17) is 17.3 Å². The molecule has 0 saturated heterocycles. The minimum Gasteiger partial charge on any atom is -0.334 e. The van der Waals surface area contributed by atoms with Crippen molar-refractivity contribution in [3.63, 3.8) is 0 Å². The number of aromatic nitrogens is 2. The van der Waals surface area contributed by atoms with Crippen LogP contribution in [-0.2, 0) is 13.0 Å². The van der Waals surface area contributed by atoms with Crippen LogP contribution in [0.5, 0.6) is 0 Å². The van der Waals surface area contributed by atoms with Gasteiger partial charge >= 0.3 is 0 Å². The molecular formula is C14H18ClN3. The van der Waals surface area contributed by atoms with Crippen molar-refractivity contribution in [1.82, 2.24) is 9.55 Å². The molecule has 4 heteroatoms. The second kappa shape index (κ2) is 6.03. The zero-order valence-electron chi connectivity index (χ0n) is 10.5. The predicted molar refractivity (Wildman–Crippen MR) is 74.6 cm³/mol. The average Bonchev–Trinajstić information content (AvgIpc) is 2.80. The smallest absolute Gasteiger partial charge is 0.125 e. The van der Waals surface area contributed by atoms with Crippen molar-refractivity contribution in [2.45, 2.75) is 32.4 Å². The van der Waals surface area contributed by atoms with Crippen molar-refractivity contribution < 1.29 is 0 Å². The van der Waals surface area contributed by atoms with E-state index in [2.05, 4.69) is 21.7 Å². The van der Waals surface area contributed by atoms with Crippen LogP contribution in [0.15, 0.2) is 36.7 Å². The van der Waals surface area contributed by atoms with E-state index in [0.717, 1.165) is 30.2 Å². The van der Waals surface area contributed by atoms with Gasteiger partial charge in [0.05, 0.1) is 6.04 Å². The summed E-state index contributed by atoms with van der Waals surface area (Å²) in [5.74, 6) is 0.950. The fraction of sp³-hybridized carbons (Fsp3) is 0.357. The largest absolute Gasteiger partial charge is 0.334 e. The van der Waals surface area contributed by atoms with Gasteiger partial charge in [-0.15, -0.1) is 0 Å². The molecule has 1 unspecified atom stereocenters. The van der Waals surface area contributed by atoms with Gasteiger partial charge in [0.15, 0.2) is 0 Å². The lowest BCUT2D eigenvalue weighted by atomic mass is 10.1. The second-order valence-electron chi connectivity index (χ2n) is 4.50. The number of benzene rings is 1. The number of hydrogen-bond acceptors (Lipinski definition) is 2. The molecule has 1 aromatic carbocycles. The molecule has 0 bridgehead atoms. The Morgan fingerprint density at radius 3 is 2.72 bits per heavy atom. The Morgan fingerprint density at radius 1 is 1.33 bits per heavy atom. The van der Waals surface area contributed by atoms with E-state index in [0.29, 0.717) is 0 Å². The van der Waals surface area contributed by atoms with Crippen LogP contribution < -0.4 is 5.73 Å². The zero-order chi connectivity index (χ0) is 13.0. The van der Waals surface area contributed by atoms with Gasteiger partial charge in [-0.05, 0) is 37.5 Å². The molecule has 0 aliphatic carbocycles. The van der Waals surface area contributed by atoms with Gasteiger partial charge in [0, 0.05) is 24.0 Å². The molecule has 1 heterocycles. The molecule has 3 nitrogen and oxygen atoms in total. The molecule has 18 heavy (non-hydrogen) atoms. The van der Waals surface area contributed by atoms with E-state index in [1.165, 1.54) is 5.56 Å². The fourth-order valence-corrected chi connectivity index (χ4v) is 2.14. The van der Waals surface area contributed by atoms with Crippen LogP contribution in [0.2, 0.25) is 5.02 Å². The Bertz CT molecular complexity index is 488. The summed E-state index contributed by atoms with van der Waals surface area (Å²) in [6.07, 6.45) is 5.90. The van der Waals surface area contributed by atoms with Crippen LogP contribution in [-0.4, -0.2) is 9.55 Å². The molecule has 0 fully saturated rings. The number of imidazole rings is 1. The monoisotopic (exact) mass is 263 g/mol. The minimum absolute atomic E-state index is 0.0180. The van der Waals surface area contributed by atoms with E-state index in [1.807, 2.05) is 25.3 Å². The van der Waals surface area contributed by atoms with Gasteiger partial charge in [-0.2, -0.15) is 0 Å². The molecule has 1 atom stereocenters. The number of aryl methyl sites for hydroxylation is 2. The molecule has 0 saturated carbocycles. The van der Waals surface area contributed by atoms with Gasteiger partial charge in [0.2, 0.25) is 0 Å². The zero-order valence-corrected chi connectivity index (χ0v) is 11.3. The molecule has 0 aliphatic rings. The first-order valence-electron chi connectivity index (χ1n) is 6.18. The molecule has 0 aliphatic heterocycles. The second-order valence-corrected chi connectivity index (χ2v) is 4.93. The predicted octanol–water partition coefficient (Wildman–Crippen LogP) is 3.19. The van der Waals surface area contributed by atoms with E-state index >= 15 is 0 Å². The van der Waals surface area contributed by atoms with Crippen LogP contribution in [0.1, 0.15) is 30.8 Å². The van der Waals surface area contributed by atoms with Crippen LogP contribution in [0, 0.1) is 0 Å². The van der Waals surface area contributed by atoms with Gasteiger partial charge in [-0.3, -0.25) is 0 Å². The number of halogens is 1. The maximum Gasteiger partial charge on any atom is 0.125 e. The van der Waals surface area contributed by atoms with Gasteiger partial charge in [0.1, 0.15) is 5.82 Å². The van der Waals surface area contributed by atoms with Crippen LogP contribution in [0.4, 0.5) is 0 Å². The molecule has 96 valence electrons. The molecular weight excluding hydrogens is 246 g/mol. The molecule has 0 spiro atoms. The quantitative estimate of drug-likeness (QED) is 0.900. The number of hydrogen-bond donors (Lipinski definition) is 1. The van der Waals surface area contributed by atoms with E-state index in [-0.39, 0.29) is 6.04 Å². The van der Waals surface area contributed by atoms with E-state index in [9.17, 15) is 0 Å². The van der Waals surface area contributed by atoms with Crippen molar-refractivity contribution in [2.24, 2.45) is 5.73 Å². The number of nitrogens with zero attached hydrogens (tertiary/aromatic N) is 2. The number of nitrogens with two attached hydrogens (primary N) is 1. The first kappa shape index (κ1) is 13.1. The lowest BCUT2D eigenvalue weighted by molar-refractivity contribution is 0.581. The lowest BCUT2D eigenvalue weighted by Gasteiger charge is -2.10. The fourth-order valence-electron chi connectivity index (χ4n) is 2.01. The lowest BCUT2D eigenvalue weighted by Crippen LogP contribution is -2.13. The van der Waals surface area contributed by atoms with Crippen LogP contribution >= 0.6 is 11.6 Å². The third kappa shape index (κ3) is 3.34. The molecule has 0 amide bonds. The highest BCUT2D eigenvalue weighted by molar-refractivity contribution is 6.30. The highest BCUT2D eigenvalue weighted by atomic mass is 35.5. The van der Waals surface area contributed by atoms with Crippen molar-refractivity contribution in [3.05, 3.63) is 53.1 Å². The molecule has 2 rings (SSSR count). The summed E-state index contributed by atoms with van der Waals surface area (Å²) in [6, 6.07) is 7.99. The van der Waals surface area contributed by atoms with Crippen molar-refractivity contribution >= 4 is 11.6 Å². The van der Waals surface area contributed by atoms with Gasteiger partial charge in [-0.25, -0.2) is 4.98 Å². The third-order valence-corrected chi connectivity index (χ3v) is 3.18. The first-order valence-corrected chi connectivity index (χ1v) is 6.55. The maximum absolute atomic E-state index is 5.86. The molecule has 1 aromatic heterocycles. The Balaban J connectivity index is 1.88. The van der Waals surface area contributed by atoms with E-state index < -0.39 is 0 Å². The normalized spacial score (nSPS) is 12.6. The van der Waals surface area contributed by atoms with Crippen LogP contribution in [0.25, 0.3) is 0 Å². The van der Waals surface area contributed by atoms with E-state index in [1.54, 1.807) is 6.20 Å². The summed E-state index contributed by atoms with van der Waals surface area (Å²) in [6.45, 7) is 2.90. The third-order valence-electron chi connectivity index (χ3n) is 2.93. The first-order chi connectivity index (χ1) is 8.66. The molecule has 0 radical (unpaired) electrons. The summed E-state index contributed by atoms with van der Waals surface area (Å²) in [5.41, 5.74) is 7.17. The Morgan fingerprint density at radius 2 is 2.06 bits per heavy atom. The molecule has 2 aromatic rings. The van der Waals surface area contributed by atoms with Crippen molar-refractivity contribution in [1.29, 1.82) is 0 Å². The van der Waals surface area contributed by atoms with Gasteiger partial charge in [0.25, 0.3) is 0 Å². The summed E-state index contributed by atoms with van der Waals surface area (Å²) in [5, 5.41) is 0.785. The average molecular weight is 264 g/mol. The highest BCUT2D eigenvalue weighted by Crippen LogP contribution is 2.12. The summed E-state index contributed by atoms with van der Waals surface area (Å²) in [4.78, 5) is 4.27. The Kier molecular flexibility index (Phi) is 4.39. The summed E-state index contributed by atoms with van der Waals surface area (Å²) < 4.78 is 2.13. The Labute approximate surface area is 113 Å². The minimum atomic E-state index is -0.0180. The molecule has 2 N–H and O–H groups in total. The standard InChI is InChI=1S/C14H18ClN3/c1-11(16)14-17-8-10-18(14)9-2-3-12-4-6-13(15)7-5-12/h4-8,10-11H,2-3,9,16H2,1H3. The van der Waals surface area contributed by atoms with Gasteiger partial charge in [-0.1, -0.05) is 23.7 Å². The van der Waals surface area contributed by atoms with Gasteiger partial charge < -0.3 is 10.3 Å². The Hall–Kier alpha value is -1.32. The highest BCUT2D eigenvalue weighted by Gasteiger charge is 2.06. The van der Waals surface area contributed by atoms with Crippen LogP contribution in [0.3, 0.4) is 0 Å².